The fourth-order valence-electron chi connectivity index (χ4n) is 2.80. The number of nitrogens with one attached hydrogen (secondary N) is 2. The van der Waals surface area contributed by atoms with E-state index in [-0.39, 0.29) is 5.91 Å². The molecule has 0 bridgehead atoms. The van der Waals surface area contributed by atoms with Crippen molar-refractivity contribution in [3.05, 3.63) is 71.5 Å². The molecule has 4 aromatic rings. The smallest absolute Gasteiger partial charge is 0.257 e. The molecule has 2 heterocycles. The second-order valence-corrected chi connectivity index (χ2v) is 5.97. The summed E-state index contributed by atoms with van der Waals surface area (Å²) in [6.45, 7) is 3.84. The van der Waals surface area contributed by atoms with Crippen LogP contribution >= 0.6 is 0 Å². The van der Waals surface area contributed by atoms with Gasteiger partial charge in [0.1, 0.15) is 11.3 Å². The quantitative estimate of drug-likeness (QED) is 0.572. The molecule has 0 unspecified atom stereocenters. The molecule has 1 amide bonds. The van der Waals surface area contributed by atoms with Crippen molar-refractivity contribution in [1.82, 2.24) is 9.97 Å². The van der Waals surface area contributed by atoms with E-state index in [0.717, 1.165) is 22.5 Å². The van der Waals surface area contributed by atoms with Crippen molar-refractivity contribution in [1.29, 1.82) is 0 Å². The molecular formula is C20H17N3O2. The number of carbonyl (C=O) groups is 1. The van der Waals surface area contributed by atoms with Gasteiger partial charge in [-0.15, -0.1) is 0 Å². The van der Waals surface area contributed by atoms with Crippen molar-refractivity contribution in [2.75, 3.05) is 5.32 Å². The number of fused-ring (bicyclic) bond motifs is 1. The van der Waals surface area contributed by atoms with E-state index in [1.54, 1.807) is 6.07 Å². The number of aromatic amines is 1. The predicted molar refractivity (Wildman–Crippen MR) is 97.7 cm³/mol. The first-order valence-corrected chi connectivity index (χ1v) is 8.04. The fourth-order valence-corrected chi connectivity index (χ4v) is 2.80. The van der Waals surface area contributed by atoms with Gasteiger partial charge in [0.15, 0.2) is 11.6 Å². The molecule has 0 aliphatic carbocycles. The minimum atomic E-state index is -0.187. The molecule has 4 rings (SSSR count). The summed E-state index contributed by atoms with van der Waals surface area (Å²) in [7, 11) is 0. The molecule has 5 nitrogen and oxygen atoms in total. The number of aromatic nitrogens is 2. The van der Waals surface area contributed by atoms with Gasteiger partial charge in [-0.1, -0.05) is 24.3 Å². The van der Waals surface area contributed by atoms with E-state index in [1.807, 2.05) is 62.4 Å². The Hall–Kier alpha value is -3.34. The standard InChI is InChI=1S/C20H17N3O2/c1-12-6-3-4-8-15(12)22-20(24)14-7-5-9-16-18(14)23-19(21-16)17-11-10-13(2)25-17/h3-11H,1-2H3,(H,21,23)(H,22,24). The summed E-state index contributed by atoms with van der Waals surface area (Å²) in [6, 6.07) is 16.9. The van der Waals surface area contributed by atoms with E-state index in [2.05, 4.69) is 15.3 Å². The van der Waals surface area contributed by atoms with Crippen LogP contribution in [0.15, 0.2) is 59.0 Å². The van der Waals surface area contributed by atoms with Crippen LogP contribution in [0.4, 0.5) is 5.69 Å². The van der Waals surface area contributed by atoms with Gasteiger partial charge in [-0.3, -0.25) is 4.79 Å². The Balaban J connectivity index is 1.73. The number of aryl methyl sites for hydroxylation is 2. The number of H-pyrrole nitrogens is 1. The highest BCUT2D eigenvalue weighted by molar-refractivity contribution is 6.12. The van der Waals surface area contributed by atoms with Crippen molar-refractivity contribution < 1.29 is 9.21 Å². The zero-order valence-corrected chi connectivity index (χ0v) is 14.0. The Labute approximate surface area is 144 Å². The second kappa shape index (κ2) is 5.94. The average molecular weight is 331 g/mol. The molecule has 0 fully saturated rings. The van der Waals surface area contributed by atoms with Crippen LogP contribution in [-0.4, -0.2) is 15.9 Å². The summed E-state index contributed by atoms with van der Waals surface area (Å²) in [5.74, 6) is 1.89. The van der Waals surface area contributed by atoms with Crippen LogP contribution in [0.25, 0.3) is 22.6 Å². The largest absolute Gasteiger partial charge is 0.458 e. The summed E-state index contributed by atoms with van der Waals surface area (Å²) in [5, 5.41) is 2.96. The summed E-state index contributed by atoms with van der Waals surface area (Å²) in [5.41, 5.74) is 3.74. The van der Waals surface area contributed by atoms with Crippen LogP contribution in [0.2, 0.25) is 0 Å². The monoisotopic (exact) mass is 331 g/mol. The fraction of sp³-hybridized carbons (Fsp3) is 0.100. The summed E-state index contributed by atoms with van der Waals surface area (Å²) >= 11 is 0. The molecule has 0 aliphatic rings. The van der Waals surface area contributed by atoms with E-state index in [1.165, 1.54) is 0 Å². The third-order valence-corrected chi connectivity index (χ3v) is 4.12. The van der Waals surface area contributed by atoms with Crippen molar-refractivity contribution in [2.24, 2.45) is 0 Å². The van der Waals surface area contributed by atoms with Crippen LogP contribution in [0.1, 0.15) is 21.7 Å². The van der Waals surface area contributed by atoms with Gasteiger partial charge in [-0.2, -0.15) is 0 Å². The summed E-state index contributed by atoms with van der Waals surface area (Å²) in [6.07, 6.45) is 0. The lowest BCUT2D eigenvalue weighted by molar-refractivity contribution is 0.102. The maximum absolute atomic E-state index is 12.7. The predicted octanol–water partition coefficient (Wildman–Crippen LogP) is 4.69. The number of para-hydroxylation sites is 2. The number of rotatable bonds is 3. The maximum Gasteiger partial charge on any atom is 0.257 e. The lowest BCUT2D eigenvalue weighted by Crippen LogP contribution is -2.13. The summed E-state index contributed by atoms with van der Waals surface area (Å²) < 4.78 is 5.62. The van der Waals surface area contributed by atoms with Gasteiger partial charge in [-0.25, -0.2) is 4.98 Å². The topological polar surface area (TPSA) is 70.9 Å². The molecular weight excluding hydrogens is 314 g/mol. The van der Waals surface area contributed by atoms with Crippen molar-refractivity contribution in [3.8, 4) is 11.6 Å². The molecule has 124 valence electrons. The molecule has 0 saturated heterocycles. The molecule has 0 aliphatic heterocycles. The third-order valence-electron chi connectivity index (χ3n) is 4.12. The van der Waals surface area contributed by atoms with E-state index in [9.17, 15) is 4.79 Å². The number of hydrogen-bond donors (Lipinski definition) is 2. The van der Waals surface area contributed by atoms with Crippen molar-refractivity contribution in [2.45, 2.75) is 13.8 Å². The first-order valence-electron chi connectivity index (χ1n) is 8.04. The number of furan rings is 1. The van der Waals surface area contributed by atoms with Crippen molar-refractivity contribution >= 4 is 22.6 Å². The van der Waals surface area contributed by atoms with Gasteiger partial charge in [0.2, 0.25) is 0 Å². The number of imidazole rings is 1. The molecule has 0 radical (unpaired) electrons. The first-order chi connectivity index (χ1) is 12.1. The third kappa shape index (κ3) is 2.80. The highest BCUT2D eigenvalue weighted by Gasteiger charge is 2.16. The maximum atomic E-state index is 12.7. The lowest BCUT2D eigenvalue weighted by atomic mass is 10.1. The number of hydrogen-bond acceptors (Lipinski definition) is 3. The van der Waals surface area contributed by atoms with E-state index in [4.69, 9.17) is 4.42 Å². The minimum Gasteiger partial charge on any atom is -0.458 e. The Kier molecular flexibility index (Phi) is 3.61. The molecule has 0 spiro atoms. The van der Waals surface area contributed by atoms with Crippen LogP contribution in [0.3, 0.4) is 0 Å². The zero-order chi connectivity index (χ0) is 17.4. The van der Waals surface area contributed by atoms with Gasteiger partial charge in [-0.05, 0) is 49.7 Å². The van der Waals surface area contributed by atoms with Gasteiger partial charge in [0.25, 0.3) is 5.91 Å². The molecule has 25 heavy (non-hydrogen) atoms. The van der Waals surface area contributed by atoms with Crippen LogP contribution in [0, 0.1) is 13.8 Å². The van der Waals surface area contributed by atoms with E-state index in [0.29, 0.717) is 22.7 Å². The van der Waals surface area contributed by atoms with Gasteiger partial charge in [0, 0.05) is 5.69 Å². The number of carbonyl (C=O) groups excluding carboxylic acids is 1. The number of amides is 1. The Morgan fingerprint density at radius 3 is 2.64 bits per heavy atom. The average Bonchev–Trinajstić information content (AvgIpc) is 3.22. The Morgan fingerprint density at radius 2 is 1.88 bits per heavy atom. The summed E-state index contributed by atoms with van der Waals surface area (Å²) in [4.78, 5) is 20.5. The molecule has 2 aromatic heterocycles. The number of anilines is 1. The zero-order valence-electron chi connectivity index (χ0n) is 14.0. The molecule has 5 heteroatoms. The van der Waals surface area contributed by atoms with Crippen LogP contribution in [-0.2, 0) is 0 Å². The number of nitrogens with zero attached hydrogens (tertiary/aromatic N) is 1. The van der Waals surface area contributed by atoms with Crippen LogP contribution in [0.5, 0.6) is 0 Å². The first kappa shape index (κ1) is 15.2. The van der Waals surface area contributed by atoms with E-state index >= 15 is 0 Å². The Bertz CT molecular complexity index is 1080. The normalized spacial score (nSPS) is 11.0. The molecule has 2 aromatic carbocycles. The lowest BCUT2D eigenvalue weighted by Gasteiger charge is -2.08. The van der Waals surface area contributed by atoms with Crippen molar-refractivity contribution in [3.63, 3.8) is 0 Å². The molecule has 0 atom stereocenters. The van der Waals surface area contributed by atoms with Gasteiger partial charge < -0.3 is 14.7 Å². The second-order valence-electron chi connectivity index (χ2n) is 5.97. The van der Waals surface area contributed by atoms with Gasteiger partial charge in [0.05, 0.1) is 11.1 Å². The minimum absolute atomic E-state index is 0.187. The Morgan fingerprint density at radius 1 is 1.04 bits per heavy atom. The highest BCUT2D eigenvalue weighted by atomic mass is 16.3. The van der Waals surface area contributed by atoms with Crippen LogP contribution < -0.4 is 5.32 Å². The molecule has 0 saturated carbocycles. The highest BCUT2D eigenvalue weighted by Crippen LogP contribution is 2.25. The van der Waals surface area contributed by atoms with E-state index < -0.39 is 0 Å². The SMILES string of the molecule is Cc1ccc(-c2nc3c(C(=O)Nc4ccccc4C)cccc3[nH]2)o1. The molecule has 2 N–H and O–H groups in total. The van der Waals surface area contributed by atoms with Gasteiger partial charge >= 0.3 is 0 Å². The number of benzene rings is 2.